The maximum absolute atomic E-state index is 13.4. The zero-order chi connectivity index (χ0) is 10.6. The van der Waals surface area contributed by atoms with Crippen LogP contribution in [0.2, 0.25) is 0 Å². The molecule has 14 heavy (non-hydrogen) atoms. The minimum atomic E-state index is -1.24. The number of benzene rings is 1. The molecule has 1 rings (SSSR count). The summed E-state index contributed by atoms with van der Waals surface area (Å²) < 4.78 is 18.3. The van der Waals surface area contributed by atoms with Gasteiger partial charge in [-0.1, -0.05) is 0 Å². The third-order valence-electron chi connectivity index (χ3n) is 1.99. The van der Waals surface area contributed by atoms with E-state index in [0.717, 1.165) is 0 Å². The molecular formula is C10H14FNO2. The minimum absolute atomic E-state index is 0.0632. The summed E-state index contributed by atoms with van der Waals surface area (Å²) >= 11 is 0. The molecule has 0 saturated carbocycles. The number of nitrogens with two attached hydrogens (primary N) is 1. The zero-order valence-electron chi connectivity index (χ0n) is 8.03. The number of hydrogen-bond donors (Lipinski definition) is 2. The molecule has 0 spiro atoms. The van der Waals surface area contributed by atoms with Gasteiger partial charge in [0.2, 0.25) is 0 Å². The van der Waals surface area contributed by atoms with Crippen LogP contribution in [0.4, 0.5) is 4.39 Å². The average Bonchev–Trinajstić information content (AvgIpc) is 2.19. The number of halogens is 1. The smallest absolute Gasteiger partial charge is 0.130 e. The number of methoxy groups -OCH3 is 1. The fourth-order valence-corrected chi connectivity index (χ4v) is 1.21. The molecule has 78 valence electrons. The SMILES string of the molecule is COc1ccc(O)c(C(F)CCN)c1. The van der Waals surface area contributed by atoms with Crippen LogP contribution in [0, 0.1) is 0 Å². The van der Waals surface area contributed by atoms with Crippen LogP contribution in [0.1, 0.15) is 18.2 Å². The first-order chi connectivity index (χ1) is 6.69. The van der Waals surface area contributed by atoms with Gasteiger partial charge in [-0.25, -0.2) is 4.39 Å². The van der Waals surface area contributed by atoms with E-state index >= 15 is 0 Å². The second-order valence-electron chi connectivity index (χ2n) is 2.97. The summed E-state index contributed by atoms with van der Waals surface area (Å²) in [5.74, 6) is 0.462. The number of phenols is 1. The minimum Gasteiger partial charge on any atom is -0.508 e. The number of ether oxygens (including phenoxy) is 1. The Morgan fingerprint density at radius 2 is 2.29 bits per heavy atom. The molecule has 0 fully saturated rings. The molecule has 0 aliphatic carbocycles. The quantitative estimate of drug-likeness (QED) is 0.776. The van der Waals surface area contributed by atoms with Gasteiger partial charge >= 0.3 is 0 Å². The van der Waals surface area contributed by atoms with E-state index in [0.29, 0.717) is 5.75 Å². The molecule has 0 bridgehead atoms. The van der Waals surface area contributed by atoms with Crippen molar-refractivity contribution in [3.63, 3.8) is 0 Å². The summed E-state index contributed by atoms with van der Waals surface area (Å²) in [6.45, 7) is 0.248. The summed E-state index contributed by atoms with van der Waals surface area (Å²) in [6.07, 6.45) is -1.05. The molecule has 0 radical (unpaired) electrons. The monoisotopic (exact) mass is 199 g/mol. The van der Waals surface area contributed by atoms with Gasteiger partial charge in [0.25, 0.3) is 0 Å². The summed E-state index contributed by atoms with van der Waals surface area (Å²) in [5, 5.41) is 9.39. The van der Waals surface area contributed by atoms with E-state index in [2.05, 4.69) is 0 Å². The highest BCUT2D eigenvalue weighted by molar-refractivity contribution is 5.40. The number of hydrogen-bond acceptors (Lipinski definition) is 3. The summed E-state index contributed by atoms with van der Waals surface area (Å²) in [5.41, 5.74) is 5.47. The van der Waals surface area contributed by atoms with Crippen LogP contribution >= 0.6 is 0 Å². The summed E-state index contributed by atoms with van der Waals surface area (Å²) in [4.78, 5) is 0. The van der Waals surface area contributed by atoms with Crippen LogP contribution in [-0.2, 0) is 0 Å². The normalized spacial score (nSPS) is 12.5. The van der Waals surface area contributed by atoms with Crippen molar-refractivity contribution in [3.05, 3.63) is 23.8 Å². The van der Waals surface area contributed by atoms with Crippen molar-refractivity contribution < 1.29 is 14.2 Å². The van der Waals surface area contributed by atoms with Crippen molar-refractivity contribution in [1.82, 2.24) is 0 Å². The largest absolute Gasteiger partial charge is 0.508 e. The van der Waals surface area contributed by atoms with Gasteiger partial charge in [-0.05, 0) is 31.2 Å². The van der Waals surface area contributed by atoms with Crippen LogP contribution in [-0.4, -0.2) is 18.8 Å². The molecule has 4 heteroatoms. The Hall–Kier alpha value is -1.29. The first-order valence-corrected chi connectivity index (χ1v) is 4.40. The summed E-state index contributed by atoms with van der Waals surface area (Å²) in [6, 6.07) is 4.47. The molecule has 1 aromatic rings. The van der Waals surface area contributed by atoms with Gasteiger partial charge in [-0.3, -0.25) is 0 Å². The van der Waals surface area contributed by atoms with Gasteiger partial charge in [-0.15, -0.1) is 0 Å². The molecule has 0 heterocycles. The van der Waals surface area contributed by atoms with Crippen molar-refractivity contribution in [2.24, 2.45) is 5.73 Å². The second kappa shape index (κ2) is 4.81. The van der Waals surface area contributed by atoms with Gasteiger partial charge in [-0.2, -0.15) is 0 Å². The van der Waals surface area contributed by atoms with Crippen LogP contribution in [0.3, 0.4) is 0 Å². The van der Waals surface area contributed by atoms with Crippen molar-refractivity contribution in [3.8, 4) is 11.5 Å². The van der Waals surface area contributed by atoms with E-state index < -0.39 is 6.17 Å². The van der Waals surface area contributed by atoms with E-state index in [1.807, 2.05) is 0 Å². The van der Waals surface area contributed by atoms with E-state index in [4.69, 9.17) is 10.5 Å². The topological polar surface area (TPSA) is 55.5 Å². The maximum Gasteiger partial charge on any atom is 0.130 e. The highest BCUT2D eigenvalue weighted by Crippen LogP contribution is 2.32. The Kier molecular flexibility index (Phi) is 3.71. The van der Waals surface area contributed by atoms with E-state index in [1.54, 1.807) is 6.07 Å². The Balaban J connectivity index is 2.93. The second-order valence-corrected chi connectivity index (χ2v) is 2.97. The maximum atomic E-state index is 13.4. The Labute approximate surface area is 82.3 Å². The standard InChI is InChI=1S/C10H14FNO2/c1-14-7-2-3-10(13)8(6-7)9(11)4-5-12/h2-3,6,9,13H,4-5,12H2,1H3. The fourth-order valence-electron chi connectivity index (χ4n) is 1.21. The highest BCUT2D eigenvalue weighted by atomic mass is 19.1. The number of aromatic hydroxyl groups is 1. The molecule has 0 aliphatic heterocycles. The third kappa shape index (κ3) is 2.35. The lowest BCUT2D eigenvalue weighted by Crippen LogP contribution is -2.04. The van der Waals surface area contributed by atoms with Crippen molar-refractivity contribution in [2.45, 2.75) is 12.6 Å². The molecule has 0 saturated heterocycles. The van der Waals surface area contributed by atoms with Gasteiger partial charge in [0.15, 0.2) is 0 Å². The lowest BCUT2D eigenvalue weighted by molar-refractivity contribution is 0.313. The molecule has 1 atom stereocenters. The first kappa shape index (κ1) is 10.8. The molecular weight excluding hydrogens is 185 g/mol. The van der Waals surface area contributed by atoms with E-state index in [1.165, 1.54) is 19.2 Å². The average molecular weight is 199 g/mol. The molecule has 3 N–H and O–H groups in total. The molecule has 0 aromatic heterocycles. The Morgan fingerprint density at radius 3 is 2.86 bits per heavy atom. The predicted molar refractivity (Wildman–Crippen MR) is 52.2 cm³/mol. The molecule has 3 nitrogen and oxygen atoms in total. The van der Waals surface area contributed by atoms with Crippen LogP contribution in [0.25, 0.3) is 0 Å². The fraction of sp³-hybridized carbons (Fsp3) is 0.400. The van der Waals surface area contributed by atoms with Gasteiger partial charge < -0.3 is 15.6 Å². The molecule has 1 aromatic carbocycles. The molecule has 1 unspecified atom stereocenters. The van der Waals surface area contributed by atoms with E-state index in [9.17, 15) is 9.50 Å². The first-order valence-electron chi connectivity index (χ1n) is 4.40. The van der Waals surface area contributed by atoms with Crippen LogP contribution < -0.4 is 10.5 Å². The predicted octanol–water partition coefficient (Wildman–Crippen LogP) is 1.76. The zero-order valence-corrected chi connectivity index (χ0v) is 8.03. The lowest BCUT2D eigenvalue weighted by Gasteiger charge is -2.10. The van der Waals surface area contributed by atoms with Crippen LogP contribution in [0.5, 0.6) is 11.5 Å². The number of rotatable bonds is 4. The number of alkyl halides is 1. The number of phenolic OH excluding ortho intramolecular Hbond substituents is 1. The van der Waals surface area contributed by atoms with Crippen molar-refractivity contribution in [1.29, 1.82) is 0 Å². The summed E-state index contributed by atoms with van der Waals surface area (Å²) in [7, 11) is 1.49. The highest BCUT2D eigenvalue weighted by Gasteiger charge is 2.14. The van der Waals surface area contributed by atoms with Crippen molar-refractivity contribution >= 4 is 0 Å². The molecule has 0 amide bonds. The van der Waals surface area contributed by atoms with Gasteiger partial charge in [0.1, 0.15) is 17.7 Å². The Morgan fingerprint density at radius 1 is 1.57 bits per heavy atom. The van der Waals surface area contributed by atoms with Crippen LogP contribution in [0.15, 0.2) is 18.2 Å². The van der Waals surface area contributed by atoms with E-state index in [-0.39, 0.29) is 24.3 Å². The van der Waals surface area contributed by atoms with Crippen molar-refractivity contribution in [2.75, 3.05) is 13.7 Å². The third-order valence-corrected chi connectivity index (χ3v) is 1.99. The lowest BCUT2D eigenvalue weighted by atomic mass is 10.1. The van der Waals surface area contributed by atoms with Gasteiger partial charge in [0.05, 0.1) is 7.11 Å². The Bertz CT molecular complexity index is 304. The van der Waals surface area contributed by atoms with Gasteiger partial charge in [0, 0.05) is 5.56 Å². The molecule has 0 aliphatic rings.